The van der Waals surface area contributed by atoms with Crippen LogP contribution in [0.1, 0.15) is 20.7 Å². The van der Waals surface area contributed by atoms with Gasteiger partial charge in [0.25, 0.3) is 5.91 Å². The molecule has 25 heavy (non-hydrogen) atoms. The van der Waals surface area contributed by atoms with Crippen LogP contribution < -0.4 is 5.73 Å². The largest absolute Gasteiger partial charge is 0.366 e. The van der Waals surface area contributed by atoms with Crippen molar-refractivity contribution in [1.29, 1.82) is 0 Å². The molecule has 4 nitrogen and oxygen atoms in total. The van der Waals surface area contributed by atoms with E-state index in [1.165, 1.54) is 24.3 Å². The number of alkyl halides is 6. The Bertz CT molecular complexity index is 568. The molecule has 2 N–H and O–H groups in total. The summed E-state index contributed by atoms with van der Waals surface area (Å²) in [4.78, 5) is 24.8. The number of nitrogens with two attached hydrogens (primary N) is 1. The van der Waals surface area contributed by atoms with Gasteiger partial charge in [0.15, 0.2) is 0 Å². The van der Waals surface area contributed by atoms with Gasteiger partial charge in [-0.3, -0.25) is 9.59 Å². The van der Waals surface area contributed by atoms with Crippen LogP contribution in [0.5, 0.6) is 0 Å². The summed E-state index contributed by atoms with van der Waals surface area (Å²) >= 11 is 35.3. The van der Waals surface area contributed by atoms with Crippen molar-refractivity contribution < 1.29 is 9.59 Å². The van der Waals surface area contributed by atoms with Gasteiger partial charge in [-0.1, -0.05) is 0 Å². The fourth-order valence-electron chi connectivity index (χ4n) is 1.92. The predicted molar refractivity (Wildman–Crippen MR) is 107 cm³/mol. The van der Waals surface area contributed by atoms with Gasteiger partial charge in [-0.05, 0) is 31.0 Å². The Morgan fingerprint density at radius 2 is 1.04 bits per heavy atom. The van der Waals surface area contributed by atoms with Crippen molar-refractivity contribution in [2.45, 2.75) is 32.3 Å². The van der Waals surface area contributed by atoms with Crippen LogP contribution in [-0.4, -0.2) is 50.8 Å². The summed E-state index contributed by atoms with van der Waals surface area (Å²) < 4.78 is 0. The molecule has 0 saturated heterocycles. The van der Waals surface area contributed by atoms with Crippen molar-refractivity contribution in [3.8, 4) is 0 Å². The molecule has 138 valence electrons. The second kappa shape index (κ2) is 10.2. The van der Waals surface area contributed by atoms with Crippen LogP contribution in [0.4, 0.5) is 0 Å². The lowest BCUT2D eigenvalue weighted by Gasteiger charge is -2.37. The number of hydrogen-bond donors (Lipinski definition) is 1. The zero-order valence-electron chi connectivity index (χ0n) is 12.6. The summed E-state index contributed by atoms with van der Waals surface area (Å²) in [5.74, 6) is -0.943. The number of rotatable bonds is 2. The molecule has 1 saturated carbocycles. The van der Waals surface area contributed by atoms with Crippen LogP contribution in [0.25, 0.3) is 0 Å². The average molecular weight is 467 g/mol. The first-order valence-corrected chi connectivity index (χ1v) is 9.49. The van der Waals surface area contributed by atoms with E-state index in [9.17, 15) is 9.59 Å². The molecule has 0 unspecified atom stereocenters. The Labute approximate surface area is 175 Å². The molecular weight excluding hydrogens is 453 g/mol. The highest BCUT2D eigenvalue weighted by Crippen LogP contribution is 2.39. The fourth-order valence-corrected chi connectivity index (χ4v) is 4.25. The minimum atomic E-state index is -0.523. The van der Waals surface area contributed by atoms with Crippen molar-refractivity contribution in [1.82, 2.24) is 0 Å². The van der Waals surface area contributed by atoms with Gasteiger partial charge in [-0.2, -0.15) is 0 Å². The highest BCUT2D eigenvalue weighted by Gasteiger charge is 2.46. The van der Waals surface area contributed by atoms with E-state index in [1.807, 2.05) is 0 Å². The first-order chi connectivity index (χ1) is 11.6. The second-order valence-electron chi connectivity index (χ2n) is 5.07. The van der Waals surface area contributed by atoms with Gasteiger partial charge in [-0.15, -0.1) is 69.6 Å². The smallest absolute Gasteiger partial charge is 0.276 e. The number of hydrogen-bond acceptors (Lipinski definition) is 2. The third kappa shape index (κ3) is 5.88. The van der Waals surface area contributed by atoms with Crippen LogP contribution in [0.2, 0.25) is 0 Å². The molecule has 10 heteroatoms. The minimum absolute atomic E-state index is 0.362. The van der Waals surface area contributed by atoms with Crippen molar-refractivity contribution in [2.24, 2.45) is 10.7 Å². The summed E-state index contributed by atoms with van der Waals surface area (Å²) in [7, 11) is 0. The van der Waals surface area contributed by atoms with Crippen molar-refractivity contribution in [3.05, 3.63) is 35.4 Å². The standard InChI is InChI=1S/C9H8N2O2.C6H6Cl6/c1-11-9(13)7-4-2-6(3-5-7)8(10)12;7-1-2(8)4(10)6(12)5(11)3(1)9/h2-5H,1H2,(H2,10,12);1-6H/t;1-,2-,3-,4+,5+,6+. The lowest BCUT2D eigenvalue weighted by Crippen LogP contribution is -2.52. The lowest BCUT2D eigenvalue weighted by atomic mass is 9.97. The Morgan fingerprint density at radius 3 is 1.28 bits per heavy atom. The van der Waals surface area contributed by atoms with Crippen molar-refractivity contribution in [2.75, 3.05) is 0 Å². The van der Waals surface area contributed by atoms with E-state index in [4.69, 9.17) is 75.3 Å². The van der Waals surface area contributed by atoms with Gasteiger partial charge < -0.3 is 5.73 Å². The van der Waals surface area contributed by atoms with E-state index in [0.717, 1.165) is 0 Å². The van der Waals surface area contributed by atoms with E-state index >= 15 is 0 Å². The third-order valence-corrected chi connectivity index (χ3v) is 7.42. The molecular formula is C15H14Cl6N2O2. The number of aliphatic imine (C=N–C) groups is 1. The summed E-state index contributed by atoms with van der Waals surface area (Å²) in [5, 5.41) is -2.62. The highest BCUT2D eigenvalue weighted by molar-refractivity contribution is 6.45. The molecule has 0 aromatic heterocycles. The zero-order chi connectivity index (χ0) is 19.3. The van der Waals surface area contributed by atoms with E-state index in [0.29, 0.717) is 11.1 Å². The van der Waals surface area contributed by atoms with Gasteiger partial charge in [0.05, 0.1) is 32.3 Å². The van der Waals surface area contributed by atoms with Gasteiger partial charge in [0.2, 0.25) is 5.91 Å². The summed E-state index contributed by atoms with van der Waals surface area (Å²) in [6.45, 7) is 3.10. The number of carbonyl (C=O) groups excluding carboxylic acids is 2. The summed E-state index contributed by atoms with van der Waals surface area (Å²) in [6.07, 6.45) is 0. The third-order valence-electron chi connectivity index (χ3n) is 3.39. The van der Waals surface area contributed by atoms with Gasteiger partial charge in [0, 0.05) is 11.1 Å². The average Bonchev–Trinajstić information content (AvgIpc) is 2.63. The molecule has 0 bridgehead atoms. The fraction of sp³-hybridized carbons (Fsp3) is 0.400. The Balaban J connectivity index is 0.000000251. The number of nitrogens with zero attached hydrogens (tertiary/aromatic N) is 1. The van der Waals surface area contributed by atoms with Crippen molar-refractivity contribution >= 4 is 88.1 Å². The maximum atomic E-state index is 10.9. The van der Waals surface area contributed by atoms with E-state index in [1.54, 1.807) is 0 Å². The SMILES string of the molecule is C=NC(=O)c1ccc(C(N)=O)cc1.Cl[C@H]1[C@H](Cl)[C@@H](Cl)[C@@H](Cl)[C@H](Cl)[C@H]1Cl. The van der Waals surface area contributed by atoms with Gasteiger partial charge in [-0.25, -0.2) is 4.99 Å². The topological polar surface area (TPSA) is 72.5 Å². The van der Waals surface area contributed by atoms with Gasteiger partial charge in [0.1, 0.15) is 0 Å². The van der Waals surface area contributed by atoms with Crippen LogP contribution in [0.3, 0.4) is 0 Å². The summed E-state index contributed by atoms with van der Waals surface area (Å²) in [5.41, 5.74) is 5.76. The first-order valence-electron chi connectivity index (χ1n) is 6.87. The molecule has 1 fully saturated rings. The highest BCUT2D eigenvalue weighted by atomic mass is 35.5. The second-order valence-corrected chi connectivity index (χ2v) is 8.10. The minimum Gasteiger partial charge on any atom is -0.366 e. The molecule has 1 aliphatic carbocycles. The van der Waals surface area contributed by atoms with Crippen molar-refractivity contribution in [3.63, 3.8) is 0 Å². The van der Waals surface area contributed by atoms with E-state index in [-0.39, 0.29) is 0 Å². The lowest BCUT2D eigenvalue weighted by molar-refractivity contribution is 0.0990. The molecule has 1 aliphatic rings. The number of primary amides is 1. The van der Waals surface area contributed by atoms with Crippen LogP contribution in [0, 0.1) is 0 Å². The number of carbonyl (C=O) groups is 2. The maximum Gasteiger partial charge on any atom is 0.276 e. The number of halogens is 6. The van der Waals surface area contributed by atoms with Gasteiger partial charge >= 0.3 is 0 Å². The molecule has 0 radical (unpaired) electrons. The maximum absolute atomic E-state index is 10.9. The quantitative estimate of drug-likeness (QED) is 0.522. The number of benzene rings is 1. The first kappa shape index (κ1) is 22.8. The monoisotopic (exact) mass is 464 g/mol. The molecule has 0 spiro atoms. The molecule has 0 heterocycles. The van der Waals surface area contributed by atoms with E-state index < -0.39 is 44.1 Å². The zero-order valence-corrected chi connectivity index (χ0v) is 17.1. The van der Waals surface area contributed by atoms with Crippen LogP contribution in [-0.2, 0) is 0 Å². The molecule has 2 rings (SSSR count). The predicted octanol–water partition coefficient (Wildman–Crippen LogP) is 4.27. The normalized spacial score (nSPS) is 31.4. The Morgan fingerprint density at radius 1 is 0.760 bits per heavy atom. The van der Waals surface area contributed by atoms with E-state index in [2.05, 4.69) is 11.7 Å². The molecule has 0 atom stereocenters. The molecule has 0 aliphatic heterocycles. The number of amides is 2. The van der Waals surface area contributed by atoms with Crippen LogP contribution >= 0.6 is 69.6 Å². The Kier molecular flexibility index (Phi) is 9.30. The van der Waals surface area contributed by atoms with Crippen LogP contribution in [0.15, 0.2) is 29.3 Å². The summed E-state index contributed by atoms with van der Waals surface area (Å²) in [6, 6.07) is 5.91. The molecule has 1 aromatic rings. The molecule has 1 aromatic carbocycles. The molecule has 2 amide bonds. The Hall–Kier alpha value is -0.230.